The van der Waals surface area contributed by atoms with E-state index in [1.807, 2.05) is 13.8 Å². The molecule has 0 heterocycles. The molecule has 3 nitrogen and oxygen atoms in total. The Morgan fingerprint density at radius 3 is 2.28 bits per heavy atom. The van der Waals surface area contributed by atoms with Crippen molar-refractivity contribution in [1.29, 1.82) is 0 Å². The van der Waals surface area contributed by atoms with E-state index in [1.165, 1.54) is 38.5 Å². The summed E-state index contributed by atoms with van der Waals surface area (Å²) in [6.07, 6.45) is 7.72. The summed E-state index contributed by atoms with van der Waals surface area (Å²) in [4.78, 5) is 11.8. The van der Waals surface area contributed by atoms with E-state index < -0.39 is 5.54 Å². The van der Waals surface area contributed by atoms with Gasteiger partial charge in [0.05, 0.1) is 6.61 Å². The zero-order chi connectivity index (χ0) is 13.6. The van der Waals surface area contributed by atoms with Gasteiger partial charge in [0.15, 0.2) is 0 Å². The summed E-state index contributed by atoms with van der Waals surface area (Å²) in [7, 11) is 1.79. The fourth-order valence-corrected chi connectivity index (χ4v) is 2.57. The van der Waals surface area contributed by atoms with Crippen molar-refractivity contribution in [3.8, 4) is 0 Å². The van der Waals surface area contributed by atoms with Gasteiger partial charge in [-0.15, -0.1) is 0 Å². The van der Waals surface area contributed by atoms with Crippen molar-refractivity contribution in [3.05, 3.63) is 0 Å². The topological polar surface area (TPSA) is 38.3 Å². The Labute approximate surface area is 112 Å². The summed E-state index contributed by atoms with van der Waals surface area (Å²) in [5.41, 5.74) is -0.570. The SMILES string of the molecule is CCCC1CCC(COC(=O)C(C)(C)NC)CC1. The summed E-state index contributed by atoms with van der Waals surface area (Å²) in [6, 6.07) is 0. The first-order chi connectivity index (χ1) is 8.49. The van der Waals surface area contributed by atoms with E-state index in [9.17, 15) is 4.79 Å². The highest BCUT2D eigenvalue weighted by atomic mass is 16.5. The molecule has 0 radical (unpaired) electrons. The fraction of sp³-hybridized carbons (Fsp3) is 0.933. The quantitative estimate of drug-likeness (QED) is 0.741. The molecule has 1 aliphatic rings. The van der Waals surface area contributed by atoms with Gasteiger partial charge < -0.3 is 10.1 Å². The molecule has 1 saturated carbocycles. The Morgan fingerprint density at radius 2 is 1.78 bits per heavy atom. The molecule has 0 spiro atoms. The average Bonchev–Trinajstić information content (AvgIpc) is 2.38. The van der Waals surface area contributed by atoms with E-state index in [0.717, 1.165) is 5.92 Å². The molecule has 0 aromatic heterocycles. The highest BCUT2D eigenvalue weighted by Gasteiger charge is 2.28. The van der Waals surface area contributed by atoms with Crippen molar-refractivity contribution >= 4 is 5.97 Å². The number of hydrogen-bond donors (Lipinski definition) is 1. The average molecular weight is 255 g/mol. The molecule has 0 amide bonds. The molecule has 0 aliphatic heterocycles. The van der Waals surface area contributed by atoms with Crippen LogP contribution >= 0.6 is 0 Å². The molecule has 0 aromatic carbocycles. The zero-order valence-corrected chi connectivity index (χ0v) is 12.4. The summed E-state index contributed by atoms with van der Waals surface area (Å²) >= 11 is 0. The second kappa shape index (κ2) is 7.13. The van der Waals surface area contributed by atoms with Crippen molar-refractivity contribution in [1.82, 2.24) is 5.32 Å². The van der Waals surface area contributed by atoms with Crippen LogP contribution in [0.1, 0.15) is 59.3 Å². The molecule has 3 heteroatoms. The van der Waals surface area contributed by atoms with Crippen LogP contribution in [0.4, 0.5) is 0 Å². The molecule has 0 unspecified atom stereocenters. The van der Waals surface area contributed by atoms with Gasteiger partial charge in [-0.3, -0.25) is 4.79 Å². The summed E-state index contributed by atoms with van der Waals surface area (Å²) in [5.74, 6) is 1.35. The molecule has 1 N–H and O–H groups in total. The van der Waals surface area contributed by atoms with Gasteiger partial charge in [-0.25, -0.2) is 0 Å². The summed E-state index contributed by atoms with van der Waals surface area (Å²) in [6.45, 7) is 6.57. The third-order valence-electron chi connectivity index (χ3n) is 4.25. The van der Waals surface area contributed by atoms with Crippen LogP contribution in [0.25, 0.3) is 0 Å². The number of likely N-dealkylation sites (N-methyl/N-ethyl adjacent to an activating group) is 1. The fourth-order valence-electron chi connectivity index (χ4n) is 2.57. The maximum absolute atomic E-state index is 11.8. The lowest BCUT2D eigenvalue weighted by atomic mass is 9.80. The van der Waals surface area contributed by atoms with Gasteiger partial charge in [-0.1, -0.05) is 32.6 Å². The van der Waals surface area contributed by atoms with E-state index in [-0.39, 0.29) is 5.97 Å². The van der Waals surface area contributed by atoms with Crippen LogP contribution in [-0.4, -0.2) is 25.2 Å². The minimum atomic E-state index is -0.570. The summed E-state index contributed by atoms with van der Waals surface area (Å²) in [5, 5.41) is 2.98. The predicted molar refractivity (Wildman–Crippen MR) is 74.5 cm³/mol. The number of ether oxygens (including phenoxy) is 1. The molecule has 0 bridgehead atoms. The van der Waals surface area contributed by atoms with Gasteiger partial charge >= 0.3 is 5.97 Å². The molecule has 0 saturated heterocycles. The van der Waals surface area contributed by atoms with E-state index >= 15 is 0 Å². The Kier molecular flexibility index (Phi) is 6.13. The first-order valence-corrected chi connectivity index (χ1v) is 7.35. The summed E-state index contributed by atoms with van der Waals surface area (Å²) < 4.78 is 5.43. The van der Waals surface area contributed by atoms with Crippen LogP contribution in [0, 0.1) is 11.8 Å². The monoisotopic (exact) mass is 255 g/mol. The third kappa shape index (κ3) is 4.60. The molecule has 0 atom stereocenters. The smallest absolute Gasteiger partial charge is 0.325 e. The molecule has 1 aliphatic carbocycles. The number of carbonyl (C=O) groups is 1. The van der Waals surface area contributed by atoms with Crippen molar-refractivity contribution in [2.75, 3.05) is 13.7 Å². The van der Waals surface area contributed by atoms with Gasteiger partial charge in [0.2, 0.25) is 0 Å². The van der Waals surface area contributed by atoms with Crippen molar-refractivity contribution in [3.63, 3.8) is 0 Å². The molecular formula is C15H29NO2. The van der Waals surface area contributed by atoms with Crippen LogP contribution < -0.4 is 5.32 Å². The zero-order valence-electron chi connectivity index (χ0n) is 12.4. The van der Waals surface area contributed by atoms with Gasteiger partial charge in [-0.2, -0.15) is 0 Å². The third-order valence-corrected chi connectivity index (χ3v) is 4.25. The van der Waals surface area contributed by atoms with Crippen LogP contribution in [-0.2, 0) is 9.53 Å². The van der Waals surface area contributed by atoms with E-state index in [4.69, 9.17) is 4.74 Å². The predicted octanol–water partition coefficient (Wildman–Crippen LogP) is 3.13. The first-order valence-electron chi connectivity index (χ1n) is 7.35. The molecular weight excluding hydrogens is 226 g/mol. The second-order valence-electron chi connectivity index (χ2n) is 6.15. The van der Waals surface area contributed by atoms with Gasteiger partial charge in [0, 0.05) is 0 Å². The molecule has 106 valence electrons. The molecule has 0 aromatic rings. The van der Waals surface area contributed by atoms with Gasteiger partial charge in [0.25, 0.3) is 0 Å². The van der Waals surface area contributed by atoms with E-state index in [0.29, 0.717) is 12.5 Å². The van der Waals surface area contributed by atoms with Gasteiger partial charge in [-0.05, 0) is 45.6 Å². The van der Waals surface area contributed by atoms with Crippen LogP contribution in [0.3, 0.4) is 0 Å². The lowest BCUT2D eigenvalue weighted by Crippen LogP contribution is -2.46. The van der Waals surface area contributed by atoms with Crippen LogP contribution in [0.2, 0.25) is 0 Å². The Morgan fingerprint density at radius 1 is 1.22 bits per heavy atom. The van der Waals surface area contributed by atoms with Crippen molar-refractivity contribution in [2.45, 2.75) is 64.8 Å². The van der Waals surface area contributed by atoms with Gasteiger partial charge in [0.1, 0.15) is 5.54 Å². The normalized spacial score (nSPS) is 24.9. The van der Waals surface area contributed by atoms with E-state index in [2.05, 4.69) is 12.2 Å². The van der Waals surface area contributed by atoms with Crippen molar-refractivity contribution < 1.29 is 9.53 Å². The minimum absolute atomic E-state index is 0.138. The molecule has 18 heavy (non-hydrogen) atoms. The second-order valence-corrected chi connectivity index (χ2v) is 6.15. The Balaban J connectivity index is 2.24. The first kappa shape index (κ1) is 15.5. The number of nitrogens with one attached hydrogen (secondary N) is 1. The number of hydrogen-bond acceptors (Lipinski definition) is 3. The molecule has 1 fully saturated rings. The Bertz CT molecular complexity index is 255. The lowest BCUT2D eigenvalue weighted by Gasteiger charge is -2.29. The number of esters is 1. The van der Waals surface area contributed by atoms with Crippen molar-refractivity contribution in [2.24, 2.45) is 11.8 Å². The largest absolute Gasteiger partial charge is 0.464 e. The Hall–Kier alpha value is -0.570. The standard InChI is InChI=1S/C15H29NO2/c1-5-6-12-7-9-13(10-8-12)11-18-14(17)15(2,3)16-4/h12-13,16H,5-11H2,1-4H3. The number of rotatable bonds is 6. The highest BCUT2D eigenvalue weighted by molar-refractivity contribution is 5.79. The maximum Gasteiger partial charge on any atom is 0.325 e. The number of carbonyl (C=O) groups excluding carboxylic acids is 1. The van der Waals surface area contributed by atoms with Crippen LogP contribution in [0.15, 0.2) is 0 Å². The van der Waals surface area contributed by atoms with E-state index in [1.54, 1.807) is 7.05 Å². The molecule has 1 rings (SSSR count). The lowest BCUT2D eigenvalue weighted by molar-refractivity contribution is -0.151. The minimum Gasteiger partial charge on any atom is -0.464 e. The highest BCUT2D eigenvalue weighted by Crippen LogP contribution is 2.31. The maximum atomic E-state index is 11.8. The van der Waals surface area contributed by atoms with Crippen LogP contribution in [0.5, 0.6) is 0 Å².